The lowest BCUT2D eigenvalue weighted by molar-refractivity contribution is 0.267. The first-order valence-electron chi connectivity index (χ1n) is 13.0. The minimum absolute atomic E-state index is 0.223. The topological polar surface area (TPSA) is 65.7 Å². The third-order valence-electron chi connectivity index (χ3n) is 6.07. The van der Waals surface area contributed by atoms with Crippen molar-refractivity contribution in [3.05, 3.63) is 110 Å². The van der Waals surface area contributed by atoms with Crippen LogP contribution in [0.3, 0.4) is 0 Å². The molecule has 0 amide bonds. The zero-order valence-corrected chi connectivity index (χ0v) is 23.7. The molecular formula is C31H31BrFN3O3. The van der Waals surface area contributed by atoms with Crippen LogP contribution in [0.2, 0.25) is 0 Å². The highest BCUT2D eigenvalue weighted by Crippen LogP contribution is 2.34. The molecule has 0 aliphatic heterocycles. The molecule has 1 heterocycles. The number of benzene rings is 3. The Balaban J connectivity index is 1.74. The zero-order valence-electron chi connectivity index (χ0n) is 22.1. The molecule has 0 spiro atoms. The average molecular weight is 593 g/mol. The summed E-state index contributed by atoms with van der Waals surface area (Å²) in [4.78, 5) is 18.2. The van der Waals surface area contributed by atoms with Gasteiger partial charge in [0.2, 0.25) is 0 Å². The first kappa shape index (κ1) is 28.2. The summed E-state index contributed by atoms with van der Waals surface area (Å²) in [5.41, 5.74) is 2.86. The van der Waals surface area contributed by atoms with E-state index in [2.05, 4.69) is 34.5 Å². The van der Waals surface area contributed by atoms with Gasteiger partial charge in [-0.1, -0.05) is 47.5 Å². The van der Waals surface area contributed by atoms with Crippen molar-refractivity contribution in [2.45, 2.75) is 46.1 Å². The molecule has 8 heteroatoms. The third-order valence-corrected chi connectivity index (χ3v) is 6.56. The number of aryl methyl sites for hydroxylation is 1. The van der Waals surface area contributed by atoms with Gasteiger partial charge in [0.15, 0.2) is 11.5 Å². The van der Waals surface area contributed by atoms with Crippen molar-refractivity contribution in [3.63, 3.8) is 0 Å². The second-order valence-electron chi connectivity index (χ2n) is 9.00. The molecule has 0 aliphatic rings. The molecule has 0 N–H and O–H groups in total. The number of aromatic nitrogens is 2. The lowest BCUT2D eigenvalue weighted by Gasteiger charge is -2.17. The zero-order chi connectivity index (χ0) is 27.8. The number of nitrogens with zero attached hydrogens (tertiary/aromatic N) is 3. The molecule has 0 radical (unpaired) electrons. The quantitative estimate of drug-likeness (QED) is 0.129. The molecule has 0 unspecified atom stereocenters. The van der Waals surface area contributed by atoms with Crippen LogP contribution >= 0.6 is 15.9 Å². The Bertz CT molecular complexity index is 1550. The Hall–Kier alpha value is -3.78. The smallest absolute Gasteiger partial charge is 0.282 e. The number of fused-ring (bicyclic) bond motifs is 1. The SMILES string of the molecule is C=CCc1cc(C=Nn2c(CCCC)nc3ccc(Br)cc3c2=O)cc(OCC)c1OCc1ccc(F)cc1. The summed E-state index contributed by atoms with van der Waals surface area (Å²) in [5, 5.41) is 5.08. The molecule has 0 aliphatic carbocycles. The fraction of sp³-hybridized carbons (Fsp3) is 0.258. The van der Waals surface area contributed by atoms with Crippen LogP contribution in [0, 0.1) is 5.82 Å². The number of unbranched alkanes of at least 4 members (excludes halogenated alkanes) is 1. The molecule has 6 nitrogen and oxygen atoms in total. The number of halogens is 2. The van der Waals surface area contributed by atoms with Crippen molar-refractivity contribution in [1.29, 1.82) is 0 Å². The maximum Gasteiger partial charge on any atom is 0.282 e. The summed E-state index contributed by atoms with van der Waals surface area (Å²) in [7, 11) is 0. The van der Waals surface area contributed by atoms with Crippen LogP contribution in [0.15, 0.2) is 81.6 Å². The summed E-state index contributed by atoms with van der Waals surface area (Å²) < 4.78 is 27.6. The Morgan fingerprint density at radius 1 is 1.10 bits per heavy atom. The number of hydrogen-bond donors (Lipinski definition) is 0. The highest BCUT2D eigenvalue weighted by Gasteiger charge is 2.15. The molecule has 4 rings (SSSR count). The third kappa shape index (κ3) is 7.00. The average Bonchev–Trinajstić information content (AvgIpc) is 2.92. The van der Waals surface area contributed by atoms with Gasteiger partial charge in [-0.25, -0.2) is 9.37 Å². The van der Waals surface area contributed by atoms with Crippen LogP contribution in [-0.4, -0.2) is 22.5 Å². The number of allylic oxidation sites excluding steroid dienone is 1. The van der Waals surface area contributed by atoms with Crippen LogP contribution < -0.4 is 15.0 Å². The van der Waals surface area contributed by atoms with Gasteiger partial charge in [-0.05, 0) is 73.4 Å². The fourth-order valence-corrected chi connectivity index (χ4v) is 4.52. The van der Waals surface area contributed by atoms with Crippen LogP contribution in [0.5, 0.6) is 11.5 Å². The van der Waals surface area contributed by atoms with Gasteiger partial charge in [-0.15, -0.1) is 6.58 Å². The molecule has 202 valence electrons. The Morgan fingerprint density at radius 2 is 1.90 bits per heavy atom. The van der Waals surface area contributed by atoms with Gasteiger partial charge in [-0.2, -0.15) is 9.78 Å². The Labute approximate surface area is 235 Å². The van der Waals surface area contributed by atoms with E-state index in [-0.39, 0.29) is 18.0 Å². The maximum absolute atomic E-state index is 13.4. The highest BCUT2D eigenvalue weighted by atomic mass is 79.9. The van der Waals surface area contributed by atoms with E-state index in [0.29, 0.717) is 47.7 Å². The maximum atomic E-state index is 13.4. The minimum Gasteiger partial charge on any atom is -0.490 e. The summed E-state index contributed by atoms with van der Waals surface area (Å²) >= 11 is 3.45. The van der Waals surface area contributed by atoms with E-state index in [1.807, 2.05) is 31.2 Å². The first-order valence-corrected chi connectivity index (χ1v) is 13.8. The predicted octanol–water partition coefficient (Wildman–Crippen LogP) is 7.23. The van der Waals surface area contributed by atoms with E-state index in [4.69, 9.17) is 14.5 Å². The van der Waals surface area contributed by atoms with Crippen molar-refractivity contribution in [3.8, 4) is 11.5 Å². The largest absolute Gasteiger partial charge is 0.490 e. The molecule has 4 aromatic rings. The van der Waals surface area contributed by atoms with Crippen molar-refractivity contribution in [1.82, 2.24) is 9.66 Å². The number of hydrogen-bond acceptors (Lipinski definition) is 5. The van der Waals surface area contributed by atoms with Crippen molar-refractivity contribution in [2.24, 2.45) is 5.10 Å². The van der Waals surface area contributed by atoms with Gasteiger partial charge < -0.3 is 9.47 Å². The Kier molecular flexibility index (Phi) is 9.65. The van der Waals surface area contributed by atoms with Crippen LogP contribution in [0.25, 0.3) is 10.9 Å². The van der Waals surface area contributed by atoms with E-state index >= 15 is 0 Å². The molecule has 0 saturated carbocycles. The van der Waals surface area contributed by atoms with E-state index in [1.165, 1.54) is 16.8 Å². The molecule has 0 bridgehead atoms. The van der Waals surface area contributed by atoms with Gasteiger partial charge in [0.1, 0.15) is 18.2 Å². The summed E-state index contributed by atoms with van der Waals surface area (Å²) in [6, 6.07) is 15.4. The van der Waals surface area contributed by atoms with E-state index in [0.717, 1.165) is 34.0 Å². The van der Waals surface area contributed by atoms with Gasteiger partial charge in [0.05, 0.1) is 23.7 Å². The second-order valence-corrected chi connectivity index (χ2v) is 9.92. The van der Waals surface area contributed by atoms with Gasteiger partial charge in [-0.3, -0.25) is 4.79 Å². The lowest BCUT2D eigenvalue weighted by atomic mass is 10.1. The lowest BCUT2D eigenvalue weighted by Crippen LogP contribution is -2.22. The molecule has 0 atom stereocenters. The van der Waals surface area contributed by atoms with Gasteiger partial charge in [0, 0.05) is 16.5 Å². The van der Waals surface area contributed by atoms with Gasteiger partial charge in [0.25, 0.3) is 5.56 Å². The van der Waals surface area contributed by atoms with Crippen molar-refractivity contribution >= 4 is 33.0 Å². The molecule has 3 aromatic carbocycles. The van der Waals surface area contributed by atoms with Crippen LogP contribution in [0.4, 0.5) is 4.39 Å². The van der Waals surface area contributed by atoms with Crippen molar-refractivity contribution in [2.75, 3.05) is 6.61 Å². The monoisotopic (exact) mass is 591 g/mol. The van der Waals surface area contributed by atoms with Crippen LogP contribution in [-0.2, 0) is 19.4 Å². The first-order chi connectivity index (χ1) is 18.9. The minimum atomic E-state index is -0.295. The van der Waals surface area contributed by atoms with Crippen LogP contribution in [0.1, 0.15) is 49.2 Å². The molecule has 1 aromatic heterocycles. The Morgan fingerprint density at radius 3 is 2.62 bits per heavy atom. The van der Waals surface area contributed by atoms with E-state index in [9.17, 15) is 9.18 Å². The van der Waals surface area contributed by atoms with Gasteiger partial charge >= 0.3 is 0 Å². The highest BCUT2D eigenvalue weighted by molar-refractivity contribution is 9.10. The summed E-state index contributed by atoms with van der Waals surface area (Å²) in [5.74, 6) is 1.47. The standard InChI is InChI=1S/C31H31BrFN3O3/c1-4-7-9-29-35-27-15-12-24(32)18-26(27)31(37)36(29)34-19-22-16-23(8-5-2)30(28(17-22)38-6-3)39-20-21-10-13-25(33)14-11-21/h5,10-19H,2,4,6-9,20H2,1,3H3. The van der Waals surface area contributed by atoms with E-state index < -0.39 is 0 Å². The molecule has 0 saturated heterocycles. The van der Waals surface area contributed by atoms with Crippen molar-refractivity contribution < 1.29 is 13.9 Å². The normalized spacial score (nSPS) is 11.3. The number of rotatable bonds is 12. The summed E-state index contributed by atoms with van der Waals surface area (Å²) in [6.45, 7) is 8.57. The number of ether oxygens (including phenoxy) is 2. The predicted molar refractivity (Wildman–Crippen MR) is 158 cm³/mol. The molecule has 39 heavy (non-hydrogen) atoms. The van der Waals surface area contributed by atoms with E-state index in [1.54, 1.807) is 30.5 Å². The molecular weight excluding hydrogens is 561 g/mol. The summed E-state index contributed by atoms with van der Waals surface area (Å²) in [6.07, 6.45) is 6.46. The molecule has 0 fully saturated rings. The second kappa shape index (κ2) is 13.3. The fourth-order valence-electron chi connectivity index (χ4n) is 4.16.